The average molecular weight is 343 g/mol. The molecule has 0 saturated heterocycles. The highest BCUT2D eigenvalue weighted by Crippen LogP contribution is 2.40. The molecule has 1 aromatic carbocycles. The number of allylic oxidation sites excluding steroid dienone is 2. The molecule has 1 aliphatic rings. The highest BCUT2D eigenvalue weighted by Gasteiger charge is 2.35. The summed E-state index contributed by atoms with van der Waals surface area (Å²) in [5, 5.41) is 11.1. The molecule has 0 aliphatic carbocycles. The molecule has 2 heterocycles. The third-order valence-corrected chi connectivity index (χ3v) is 3.95. The highest BCUT2D eigenvalue weighted by atomic mass is 16.6. The van der Waals surface area contributed by atoms with Gasteiger partial charge in [-0.2, -0.15) is 0 Å². The first-order valence-corrected chi connectivity index (χ1v) is 7.30. The summed E-state index contributed by atoms with van der Waals surface area (Å²) in [4.78, 5) is 51.0. The Morgan fingerprint density at radius 1 is 1.28 bits per heavy atom. The summed E-state index contributed by atoms with van der Waals surface area (Å²) in [5.74, 6) is -1.09. The maximum atomic E-state index is 12.3. The Morgan fingerprint density at radius 3 is 2.64 bits per heavy atom. The number of fused-ring (bicyclic) bond motifs is 1. The fourth-order valence-corrected chi connectivity index (χ4v) is 2.98. The first kappa shape index (κ1) is 16.4. The number of carbonyl (C=O) groups is 1. The van der Waals surface area contributed by atoms with Crippen molar-refractivity contribution in [1.29, 1.82) is 0 Å². The molecular formula is C16H13N3O6. The van der Waals surface area contributed by atoms with Crippen molar-refractivity contribution in [2.24, 2.45) is 0 Å². The van der Waals surface area contributed by atoms with Crippen molar-refractivity contribution in [2.75, 3.05) is 0 Å². The molecule has 9 nitrogen and oxygen atoms in total. The van der Waals surface area contributed by atoms with Gasteiger partial charge in [0.2, 0.25) is 5.88 Å². The molecule has 1 unspecified atom stereocenters. The van der Waals surface area contributed by atoms with Gasteiger partial charge in [-0.3, -0.25) is 29.7 Å². The number of H-pyrrole nitrogens is 2. The van der Waals surface area contributed by atoms with Gasteiger partial charge in [-0.25, -0.2) is 4.79 Å². The van der Waals surface area contributed by atoms with Crippen molar-refractivity contribution >= 4 is 11.5 Å². The van der Waals surface area contributed by atoms with Crippen LogP contribution in [0.25, 0.3) is 0 Å². The second kappa shape index (κ2) is 5.86. The zero-order chi connectivity index (χ0) is 18.3. The minimum Gasteiger partial charge on any atom is -0.445 e. The van der Waals surface area contributed by atoms with Gasteiger partial charge in [0.15, 0.2) is 5.78 Å². The molecule has 3 rings (SSSR count). The monoisotopic (exact) mass is 343 g/mol. The summed E-state index contributed by atoms with van der Waals surface area (Å²) < 4.78 is 5.45. The zero-order valence-electron chi connectivity index (χ0n) is 13.3. The van der Waals surface area contributed by atoms with Crippen LogP contribution in [0.4, 0.5) is 5.69 Å². The van der Waals surface area contributed by atoms with Crippen LogP contribution in [-0.4, -0.2) is 20.7 Å². The zero-order valence-corrected chi connectivity index (χ0v) is 13.3. The standard InChI is InChI=1S/C16H13N3O6/c1-7(20)11-8(2)25-15-13(14(21)17-16(22)18-15)12(11)9-4-3-5-10(6-9)19(23)24/h3-6,12H,1-2H3,(H2,17,18,21,22). The van der Waals surface area contributed by atoms with Gasteiger partial charge in [0.1, 0.15) is 5.76 Å². The van der Waals surface area contributed by atoms with Crippen LogP contribution in [0.2, 0.25) is 0 Å². The SMILES string of the molecule is CC(=O)C1=C(C)Oc2[nH]c(=O)[nH]c(=O)c2C1c1cccc([N+](=O)[O-])c1. The smallest absolute Gasteiger partial charge is 0.328 e. The Labute approximate surface area is 140 Å². The Morgan fingerprint density at radius 2 is 2.00 bits per heavy atom. The predicted molar refractivity (Wildman–Crippen MR) is 86.6 cm³/mol. The summed E-state index contributed by atoms with van der Waals surface area (Å²) in [6.45, 7) is 2.85. The van der Waals surface area contributed by atoms with E-state index in [1.807, 2.05) is 0 Å². The number of aromatic nitrogens is 2. The summed E-state index contributed by atoms with van der Waals surface area (Å²) in [5.41, 5.74) is -1.05. The van der Waals surface area contributed by atoms with Crippen LogP contribution in [0, 0.1) is 10.1 Å². The van der Waals surface area contributed by atoms with E-state index in [9.17, 15) is 24.5 Å². The summed E-state index contributed by atoms with van der Waals surface area (Å²) in [6.07, 6.45) is 0. The number of non-ortho nitro benzene ring substituents is 1. The third-order valence-electron chi connectivity index (χ3n) is 3.95. The number of nitrogens with zero attached hydrogens (tertiary/aromatic N) is 1. The van der Waals surface area contributed by atoms with Crippen molar-refractivity contribution in [2.45, 2.75) is 19.8 Å². The van der Waals surface area contributed by atoms with Crippen LogP contribution in [-0.2, 0) is 4.79 Å². The van der Waals surface area contributed by atoms with Crippen molar-refractivity contribution in [3.63, 3.8) is 0 Å². The van der Waals surface area contributed by atoms with Crippen molar-refractivity contribution in [1.82, 2.24) is 9.97 Å². The predicted octanol–water partition coefficient (Wildman–Crippen LogP) is 1.36. The van der Waals surface area contributed by atoms with E-state index in [4.69, 9.17) is 4.74 Å². The average Bonchev–Trinajstić information content (AvgIpc) is 2.52. The number of hydrogen-bond acceptors (Lipinski definition) is 6. The highest BCUT2D eigenvalue weighted by molar-refractivity contribution is 5.96. The van der Waals surface area contributed by atoms with E-state index < -0.39 is 22.1 Å². The van der Waals surface area contributed by atoms with E-state index in [1.54, 1.807) is 6.07 Å². The van der Waals surface area contributed by atoms with E-state index in [-0.39, 0.29) is 34.2 Å². The van der Waals surface area contributed by atoms with Crippen LogP contribution in [0.1, 0.15) is 30.9 Å². The quantitative estimate of drug-likeness (QED) is 0.638. The van der Waals surface area contributed by atoms with Crippen molar-refractivity contribution in [3.05, 3.63) is 77.7 Å². The Balaban J connectivity index is 2.34. The number of aromatic amines is 2. The number of Topliss-reactive ketones (excluding diaryl/α,β-unsaturated/α-hetero) is 1. The van der Waals surface area contributed by atoms with E-state index in [2.05, 4.69) is 9.97 Å². The van der Waals surface area contributed by atoms with Gasteiger partial charge in [0.25, 0.3) is 11.2 Å². The van der Waals surface area contributed by atoms with Gasteiger partial charge in [-0.05, 0) is 19.4 Å². The Hall–Kier alpha value is -3.49. The van der Waals surface area contributed by atoms with E-state index in [0.29, 0.717) is 5.56 Å². The lowest BCUT2D eigenvalue weighted by Crippen LogP contribution is -2.33. The van der Waals surface area contributed by atoms with Gasteiger partial charge in [-0.15, -0.1) is 0 Å². The van der Waals surface area contributed by atoms with E-state index >= 15 is 0 Å². The normalized spacial score (nSPS) is 16.2. The number of nitro benzene ring substituents is 1. The fourth-order valence-electron chi connectivity index (χ4n) is 2.98. The molecule has 128 valence electrons. The second-order valence-corrected chi connectivity index (χ2v) is 5.56. The molecule has 9 heteroatoms. The molecule has 0 saturated carbocycles. The largest absolute Gasteiger partial charge is 0.445 e. The third kappa shape index (κ3) is 2.75. The minimum absolute atomic E-state index is 0.0240. The summed E-state index contributed by atoms with van der Waals surface area (Å²) >= 11 is 0. The maximum absolute atomic E-state index is 12.3. The minimum atomic E-state index is -0.887. The lowest BCUT2D eigenvalue weighted by atomic mass is 9.82. The van der Waals surface area contributed by atoms with Gasteiger partial charge >= 0.3 is 5.69 Å². The molecule has 1 aromatic heterocycles. The number of carbonyl (C=O) groups excluding carboxylic acids is 1. The molecule has 25 heavy (non-hydrogen) atoms. The van der Waals surface area contributed by atoms with Crippen LogP contribution < -0.4 is 16.0 Å². The van der Waals surface area contributed by atoms with Crippen LogP contribution >= 0.6 is 0 Å². The molecule has 1 atom stereocenters. The topological polar surface area (TPSA) is 135 Å². The van der Waals surface area contributed by atoms with Gasteiger partial charge in [0.05, 0.1) is 16.4 Å². The van der Waals surface area contributed by atoms with E-state index in [0.717, 1.165) is 0 Å². The van der Waals surface area contributed by atoms with Crippen LogP contribution in [0.5, 0.6) is 5.88 Å². The molecule has 1 aliphatic heterocycles. The van der Waals surface area contributed by atoms with Gasteiger partial charge in [0, 0.05) is 17.7 Å². The maximum Gasteiger partial charge on any atom is 0.328 e. The number of ether oxygens (including phenoxy) is 1. The molecule has 0 bridgehead atoms. The van der Waals surface area contributed by atoms with Crippen LogP contribution in [0.3, 0.4) is 0 Å². The number of nitro groups is 1. The number of hydrogen-bond donors (Lipinski definition) is 2. The first-order chi connectivity index (χ1) is 11.8. The molecule has 0 amide bonds. The first-order valence-electron chi connectivity index (χ1n) is 7.30. The lowest BCUT2D eigenvalue weighted by molar-refractivity contribution is -0.384. The number of benzene rings is 1. The van der Waals surface area contributed by atoms with Gasteiger partial charge in [-0.1, -0.05) is 12.1 Å². The molecule has 0 radical (unpaired) electrons. The van der Waals surface area contributed by atoms with Crippen molar-refractivity contribution < 1.29 is 14.5 Å². The molecular weight excluding hydrogens is 330 g/mol. The number of ketones is 1. The number of nitrogens with one attached hydrogen (secondary N) is 2. The molecule has 0 spiro atoms. The molecule has 2 aromatic rings. The van der Waals surface area contributed by atoms with Gasteiger partial charge < -0.3 is 4.74 Å². The summed E-state index contributed by atoms with van der Waals surface area (Å²) in [7, 11) is 0. The second-order valence-electron chi connectivity index (χ2n) is 5.56. The lowest BCUT2D eigenvalue weighted by Gasteiger charge is -2.27. The van der Waals surface area contributed by atoms with Crippen LogP contribution in [0.15, 0.2) is 45.2 Å². The molecule has 2 N–H and O–H groups in total. The molecule has 0 fully saturated rings. The Bertz CT molecular complexity index is 1050. The fraction of sp³-hybridized carbons (Fsp3) is 0.188. The van der Waals surface area contributed by atoms with E-state index in [1.165, 1.54) is 32.0 Å². The van der Waals surface area contributed by atoms with Crippen molar-refractivity contribution in [3.8, 4) is 5.88 Å². The summed E-state index contributed by atoms with van der Waals surface area (Å²) in [6, 6.07) is 5.65. The Kier molecular flexibility index (Phi) is 3.84. The number of rotatable bonds is 3.